The second-order valence-electron chi connectivity index (χ2n) is 11.6. The predicted octanol–water partition coefficient (Wildman–Crippen LogP) is 5.99. The Bertz CT molecular complexity index is 1020. The standard InChI is InChI=1S/C26H33N3O/c1-24(2,3)13-19-22-23(29-28-19)27-18-14-25(4,5)15-20(30)21(18)26(22)12-8-10-16-9-6-7-11-17(16)26/h6-7,9,11,23,27H,8,10,12-15H2,1-5H3/t23?,26-/m0/s1. The molecule has 0 fully saturated rings. The first-order valence-electron chi connectivity index (χ1n) is 11.4. The molecule has 0 amide bonds. The van der Waals surface area contributed by atoms with Crippen molar-refractivity contribution in [3.8, 4) is 0 Å². The van der Waals surface area contributed by atoms with E-state index in [0.29, 0.717) is 12.2 Å². The van der Waals surface area contributed by atoms with Crippen LogP contribution in [-0.2, 0) is 16.6 Å². The van der Waals surface area contributed by atoms with Crippen LogP contribution in [0.3, 0.4) is 0 Å². The highest BCUT2D eigenvalue weighted by atomic mass is 16.1. The molecule has 2 heterocycles. The molecule has 1 unspecified atom stereocenters. The van der Waals surface area contributed by atoms with Crippen molar-refractivity contribution in [2.75, 3.05) is 0 Å². The van der Waals surface area contributed by atoms with Crippen LogP contribution < -0.4 is 5.32 Å². The molecule has 2 aliphatic heterocycles. The van der Waals surface area contributed by atoms with Gasteiger partial charge in [-0.3, -0.25) is 4.79 Å². The first-order valence-corrected chi connectivity index (χ1v) is 11.4. The molecular formula is C26H33N3O. The maximum Gasteiger partial charge on any atom is 0.165 e. The van der Waals surface area contributed by atoms with Gasteiger partial charge in [-0.15, -0.1) is 0 Å². The van der Waals surface area contributed by atoms with Crippen molar-refractivity contribution in [2.24, 2.45) is 21.1 Å². The minimum Gasteiger partial charge on any atom is -0.362 e. The molecule has 4 aliphatic rings. The fourth-order valence-corrected chi connectivity index (χ4v) is 6.22. The van der Waals surface area contributed by atoms with E-state index in [4.69, 9.17) is 10.2 Å². The predicted molar refractivity (Wildman–Crippen MR) is 119 cm³/mol. The third kappa shape index (κ3) is 2.91. The van der Waals surface area contributed by atoms with Crippen LogP contribution in [0.15, 0.2) is 57.0 Å². The molecule has 0 saturated carbocycles. The normalized spacial score (nSPS) is 29.6. The number of hydrogen-bond donors (Lipinski definition) is 1. The summed E-state index contributed by atoms with van der Waals surface area (Å²) >= 11 is 0. The molecular weight excluding hydrogens is 370 g/mol. The molecule has 4 heteroatoms. The van der Waals surface area contributed by atoms with Crippen molar-refractivity contribution >= 4 is 5.78 Å². The lowest BCUT2D eigenvalue weighted by Gasteiger charge is -2.50. The molecule has 0 radical (unpaired) electrons. The number of hydrogen-bond acceptors (Lipinski definition) is 4. The number of aryl methyl sites for hydroxylation is 1. The van der Waals surface area contributed by atoms with E-state index in [1.807, 2.05) is 0 Å². The van der Waals surface area contributed by atoms with Gasteiger partial charge in [0, 0.05) is 23.3 Å². The van der Waals surface area contributed by atoms with Gasteiger partial charge < -0.3 is 5.32 Å². The summed E-state index contributed by atoms with van der Waals surface area (Å²) in [5, 5.41) is 13.1. The van der Waals surface area contributed by atoms with E-state index in [2.05, 4.69) is 64.2 Å². The largest absolute Gasteiger partial charge is 0.362 e. The molecule has 0 aromatic heterocycles. The first-order chi connectivity index (χ1) is 14.1. The zero-order valence-corrected chi connectivity index (χ0v) is 18.9. The summed E-state index contributed by atoms with van der Waals surface area (Å²) in [6.07, 6.45) is 5.37. The number of rotatable bonds is 1. The third-order valence-corrected chi connectivity index (χ3v) is 7.12. The molecule has 2 atom stereocenters. The van der Waals surface area contributed by atoms with Gasteiger partial charge in [-0.1, -0.05) is 58.9 Å². The molecule has 0 saturated heterocycles. The van der Waals surface area contributed by atoms with Crippen LogP contribution in [0.2, 0.25) is 0 Å². The summed E-state index contributed by atoms with van der Waals surface area (Å²) < 4.78 is 0. The lowest BCUT2D eigenvalue weighted by Crippen LogP contribution is -2.53. The average molecular weight is 404 g/mol. The summed E-state index contributed by atoms with van der Waals surface area (Å²) in [7, 11) is 0. The van der Waals surface area contributed by atoms with Crippen LogP contribution in [-0.4, -0.2) is 11.9 Å². The Morgan fingerprint density at radius 3 is 2.70 bits per heavy atom. The number of fused-ring (bicyclic) bond motifs is 5. The minimum absolute atomic E-state index is 0.0243. The highest BCUT2D eigenvalue weighted by Crippen LogP contribution is 2.58. The Labute approximate surface area is 179 Å². The summed E-state index contributed by atoms with van der Waals surface area (Å²) in [5.74, 6) is 0.304. The number of ketones is 1. The van der Waals surface area contributed by atoms with Gasteiger partial charge in [0.05, 0.1) is 11.1 Å². The lowest BCUT2D eigenvalue weighted by atomic mass is 9.55. The fraction of sp³-hybridized carbons (Fsp3) is 0.577. The fourth-order valence-electron chi connectivity index (χ4n) is 6.22. The number of nitrogens with zero attached hydrogens (tertiary/aromatic N) is 2. The van der Waals surface area contributed by atoms with Crippen molar-refractivity contribution in [2.45, 2.75) is 84.7 Å². The van der Waals surface area contributed by atoms with Gasteiger partial charge in [0.2, 0.25) is 0 Å². The SMILES string of the molecule is CC(C)(C)CC1=C2C(N=N1)NC1=C(C(=O)CC(C)(C)C1)[C@@]21CCCc2ccccc21. The van der Waals surface area contributed by atoms with Crippen molar-refractivity contribution in [1.82, 2.24) is 5.32 Å². The Morgan fingerprint density at radius 1 is 1.17 bits per heavy atom. The molecule has 0 bridgehead atoms. The number of nitrogens with one attached hydrogen (secondary N) is 1. The van der Waals surface area contributed by atoms with E-state index < -0.39 is 0 Å². The van der Waals surface area contributed by atoms with Gasteiger partial charge >= 0.3 is 0 Å². The van der Waals surface area contributed by atoms with Crippen LogP contribution in [0, 0.1) is 10.8 Å². The van der Waals surface area contributed by atoms with Gasteiger partial charge in [0.15, 0.2) is 11.9 Å². The summed E-state index contributed by atoms with van der Waals surface area (Å²) in [4.78, 5) is 13.7. The van der Waals surface area contributed by atoms with Crippen LogP contribution >= 0.6 is 0 Å². The number of carbonyl (C=O) groups is 1. The summed E-state index contributed by atoms with van der Waals surface area (Å²) in [6, 6.07) is 8.77. The molecule has 1 aromatic carbocycles. The van der Waals surface area contributed by atoms with Crippen LogP contribution in [0.25, 0.3) is 0 Å². The molecule has 1 aromatic rings. The lowest BCUT2D eigenvalue weighted by molar-refractivity contribution is -0.119. The highest BCUT2D eigenvalue weighted by Gasteiger charge is 2.56. The molecule has 30 heavy (non-hydrogen) atoms. The van der Waals surface area contributed by atoms with E-state index in [1.165, 1.54) is 16.7 Å². The maximum atomic E-state index is 13.7. The van der Waals surface area contributed by atoms with E-state index in [-0.39, 0.29) is 22.4 Å². The van der Waals surface area contributed by atoms with Gasteiger partial charge in [-0.25, -0.2) is 0 Å². The van der Waals surface area contributed by atoms with Crippen LogP contribution in [0.4, 0.5) is 0 Å². The number of carbonyl (C=O) groups excluding carboxylic acids is 1. The van der Waals surface area contributed by atoms with Gasteiger partial charge in [0.1, 0.15) is 0 Å². The van der Waals surface area contributed by atoms with Crippen molar-refractivity contribution in [3.63, 3.8) is 0 Å². The Hall–Kier alpha value is -2.23. The van der Waals surface area contributed by atoms with Crippen LogP contribution in [0.1, 0.15) is 77.8 Å². The number of Topliss-reactive ketones (excluding diaryl/α,β-unsaturated/α-hetero) is 1. The number of allylic oxidation sites excluding steroid dienone is 3. The summed E-state index contributed by atoms with van der Waals surface area (Å²) in [6.45, 7) is 11.1. The zero-order chi connectivity index (χ0) is 21.3. The van der Waals surface area contributed by atoms with E-state index in [9.17, 15) is 4.79 Å². The first kappa shape index (κ1) is 19.7. The van der Waals surface area contributed by atoms with E-state index in [1.54, 1.807) is 0 Å². The third-order valence-electron chi connectivity index (χ3n) is 7.12. The zero-order valence-electron chi connectivity index (χ0n) is 18.9. The van der Waals surface area contributed by atoms with Crippen molar-refractivity contribution < 1.29 is 4.79 Å². The van der Waals surface area contributed by atoms with Gasteiger partial charge in [-0.05, 0) is 54.1 Å². The summed E-state index contributed by atoms with van der Waals surface area (Å²) in [5.41, 5.74) is 6.86. The van der Waals surface area contributed by atoms with Gasteiger partial charge in [-0.2, -0.15) is 10.2 Å². The van der Waals surface area contributed by atoms with Crippen molar-refractivity contribution in [3.05, 3.63) is 57.9 Å². The molecule has 4 nitrogen and oxygen atoms in total. The van der Waals surface area contributed by atoms with Crippen LogP contribution in [0.5, 0.6) is 0 Å². The smallest absolute Gasteiger partial charge is 0.165 e. The Morgan fingerprint density at radius 2 is 1.93 bits per heavy atom. The Balaban J connectivity index is 1.81. The second kappa shape index (κ2) is 6.38. The van der Waals surface area contributed by atoms with E-state index >= 15 is 0 Å². The molecule has 158 valence electrons. The minimum atomic E-state index is -0.377. The maximum absolute atomic E-state index is 13.7. The van der Waals surface area contributed by atoms with E-state index in [0.717, 1.165) is 49.1 Å². The quantitative estimate of drug-likeness (QED) is 0.626. The molecule has 2 aliphatic carbocycles. The Kier molecular flexibility index (Phi) is 4.20. The average Bonchev–Trinajstić information content (AvgIpc) is 3.02. The number of benzene rings is 1. The molecule has 1 N–H and O–H groups in total. The topological polar surface area (TPSA) is 53.8 Å². The van der Waals surface area contributed by atoms with Crippen molar-refractivity contribution in [1.29, 1.82) is 0 Å². The number of azo groups is 1. The monoisotopic (exact) mass is 403 g/mol. The van der Waals surface area contributed by atoms with Gasteiger partial charge in [0.25, 0.3) is 0 Å². The molecule has 5 rings (SSSR count). The highest BCUT2D eigenvalue weighted by molar-refractivity contribution is 6.01. The second-order valence-corrected chi connectivity index (χ2v) is 11.6. The molecule has 1 spiro atoms.